The van der Waals surface area contributed by atoms with Gasteiger partial charge in [-0.05, 0) is 55.4 Å². The molecule has 0 atom stereocenters. The van der Waals surface area contributed by atoms with Crippen LogP contribution in [0.3, 0.4) is 0 Å². The van der Waals surface area contributed by atoms with Crippen LogP contribution < -0.4 is 4.90 Å². The second-order valence-corrected chi connectivity index (χ2v) is 6.42. The Morgan fingerprint density at radius 2 is 2.00 bits per heavy atom. The summed E-state index contributed by atoms with van der Waals surface area (Å²) in [6, 6.07) is 7.29. The summed E-state index contributed by atoms with van der Waals surface area (Å²) in [5.41, 5.74) is 2.62. The van der Waals surface area contributed by atoms with Gasteiger partial charge in [0.05, 0.1) is 0 Å². The van der Waals surface area contributed by atoms with E-state index in [2.05, 4.69) is 39.0 Å². The molecule has 2 fully saturated rings. The monoisotopic (exact) mass is 313 g/mol. The molecular weight excluding hydrogens is 298 g/mol. The molecule has 0 spiro atoms. The molecule has 1 aromatic carbocycles. The lowest BCUT2D eigenvalue weighted by Crippen LogP contribution is -2.28. The summed E-state index contributed by atoms with van der Waals surface area (Å²) in [6.45, 7) is 1.23. The van der Waals surface area contributed by atoms with Crippen LogP contribution >= 0.6 is 27.5 Å². The maximum atomic E-state index is 6.08. The average molecular weight is 315 g/mol. The molecule has 3 rings (SSSR count). The van der Waals surface area contributed by atoms with Crippen LogP contribution in [0, 0.1) is 5.92 Å². The standard InChI is InChI=1S/C14H17BrClN/c15-12-3-6-14(11(7-12)8-16)17(13-4-5-13)9-10-1-2-10/h3,6-7,10,13H,1-2,4-5,8-9H2. The molecule has 0 aliphatic heterocycles. The molecule has 0 N–H and O–H groups in total. The molecule has 92 valence electrons. The molecule has 2 saturated carbocycles. The van der Waals surface area contributed by atoms with E-state index in [0.717, 1.165) is 16.4 Å². The first kappa shape index (κ1) is 11.9. The molecule has 2 aliphatic rings. The first-order valence-electron chi connectivity index (χ1n) is 6.39. The van der Waals surface area contributed by atoms with Crippen molar-refractivity contribution in [1.82, 2.24) is 0 Å². The first-order chi connectivity index (χ1) is 8.28. The van der Waals surface area contributed by atoms with Crippen LogP contribution in [-0.2, 0) is 5.88 Å². The van der Waals surface area contributed by atoms with Gasteiger partial charge >= 0.3 is 0 Å². The SMILES string of the molecule is ClCc1cc(Br)ccc1N(CC1CC1)C1CC1. The molecule has 1 aromatic rings. The lowest BCUT2D eigenvalue weighted by atomic mass is 10.1. The van der Waals surface area contributed by atoms with Crippen molar-refractivity contribution in [3.8, 4) is 0 Å². The van der Waals surface area contributed by atoms with Gasteiger partial charge in [0.2, 0.25) is 0 Å². The van der Waals surface area contributed by atoms with E-state index in [-0.39, 0.29) is 0 Å². The highest BCUT2D eigenvalue weighted by Crippen LogP contribution is 2.39. The topological polar surface area (TPSA) is 3.24 Å². The summed E-state index contributed by atoms with van der Waals surface area (Å²) in [5, 5.41) is 0. The number of hydrogen-bond acceptors (Lipinski definition) is 1. The van der Waals surface area contributed by atoms with Crippen molar-refractivity contribution in [2.45, 2.75) is 37.6 Å². The van der Waals surface area contributed by atoms with E-state index < -0.39 is 0 Å². The fourth-order valence-corrected chi connectivity index (χ4v) is 2.97. The third-order valence-corrected chi connectivity index (χ3v) is 4.42. The van der Waals surface area contributed by atoms with E-state index in [1.807, 2.05) is 0 Å². The van der Waals surface area contributed by atoms with Crippen LogP contribution in [0.25, 0.3) is 0 Å². The Labute approximate surface area is 116 Å². The van der Waals surface area contributed by atoms with Gasteiger partial charge in [0.25, 0.3) is 0 Å². The van der Waals surface area contributed by atoms with Gasteiger partial charge in [-0.1, -0.05) is 15.9 Å². The van der Waals surface area contributed by atoms with Crippen molar-refractivity contribution < 1.29 is 0 Å². The highest BCUT2D eigenvalue weighted by molar-refractivity contribution is 9.10. The Morgan fingerprint density at radius 1 is 1.24 bits per heavy atom. The molecular formula is C14H17BrClN. The summed E-state index contributed by atoms with van der Waals surface area (Å²) in [7, 11) is 0. The fraction of sp³-hybridized carbons (Fsp3) is 0.571. The molecule has 0 aromatic heterocycles. The third-order valence-electron chi connectivity index (χ3n) is 3.63. The van der Waals surface area contributed by atoms with E-state index in [9.17, 15) is 0 Å². The Morgan fingerprint density at radius 3 is 2.59 bits per heavy atom. The second-order valence-electron chi connectivity index (χ2n) is 5.23. The van der Waals surface area contributed by atoms with E-state index in [1.54, 1.807) is 0 Å². The number of halogens is 2. The molecule has 2 aliphatic carbocycles. The number of alkyl halides is 1. The zero-order chi connectivity index (χ0) is 11.8. The van der Waals surface area contributed by atoms with Crippen LogP contribution in [0.1, 0.15) is 31.2 Å². The molecule has 0 heterocycles. The molecule has 0 saturated heterocycles. The van der Waals surface area contributed by atoms with Gasteiger partial charge in [-0.3, -0.25) is 0 Å². The molecule has 0 bridgehead atoms. The Balaban J connectivity index is 1.87. The minimum atomic E-state index is 0.600. The van der Waals surface area contributed by atoms with E-state index in [1.165, 1.54) is 43.5 Å². The van der Waals surface area contributed by atoms with E-state index in [4.69, 9.17) is 11.6 Å². The third kappa shape index (κ3) is 2.79. The number of benzene rings is 1. The van der Waals surface area contributed by atoms with Crippen molar-refractivity contribution >= 4 is 33.2 Å². The first-order valence-corrected chi connectivity index (χ1v) is 7.71. The predicted molar refractivity (Wildman–Crippen MR) is 76.8 cm³/mol. The highest BCUT2D eigenvalue weighted by atomic mass is 79.9. The normalized spacial score (nSPS) is 19.4. The van der Waals surface area contributed by atoms with Gasteiger partial charge in [-0.15, -0.1) is 11.6 Å². The minimum Gasteiger partial charge on any atom is -0.368 e. The molecule has 0 amide bonds. The molecule has 1 nitrogen and oxygen atoms in total. The van der Waals surface area contributed by atoms with Crippen molar-refractivity contribution in [3.63, 3.8) is 0 Å². The summed E-state index contributed by atoms with van der Waals surface area (Å²) in [6.07, 6.45) is 5.53. The quantitative estimate of drug-likeness (QED) is 0.720. The molecule has 3 heteroatoms. The summed E-state index contributed by atoms with van der Waals surface area (Å²) in [5.74, 6) is 1.53. The smallest absolute Gasteiger partial charge is 0.0494 e. The van der Waals surface area contributed by atoms with E-state index in [0.29, 0.717) is 5.88 Å². The van der Waals surface area contributed by atoms with Crippen LogP contribution in [0.2, 0.25) is 0 Å². The van der Waals surface area contributed by atoms with Crippen LogP contribution in [-0.4, -0.2) is 12.6 Å². The Bertz CT molecular complexity index is 413. The highest BCUT2D eigenvalue weighted by Gasteiger charge is 2.34. The Hall–Kier alpha value is -0.210. The summed E-state index contributed by atoms with van der Waals surface area (Å²) < 4.78 is 1.12. The van der Waals surface area contributed by atoms with Crippen molar-refractivity contribution in [2.75, 3.05) is 11.4 Å². The maximum Gasteiger partial charge on any atom is 0.0494 e. The number of anilines is 1. The largest absolute Gasteiger partial charge is 0.368 e. The molecule has 17 heavy (non-hydrogen) atoms. The fourth-order valence-electron chi connectivity index (χ4n) is 2.35. The zero-order valence-corrected chi connectivity index (χ0v) is 12.2. The van der Waals surface area contributed by atoms with Gasteiger partial charge in [-0.2, -0.15) is 0 Å². The van der Waals surface area contributed by atoms with Crippen LogP contribution in [0.5, 0.6) is 0 Å². The van der Waals surface area contributed by atoms with Crippen LogP contribution in [0.4, 0.5) is 5.69 Å². The number of hydrogen-bond donors (Lipinski definition) is 0. The summed E-state index contributed by atoms with van der Waals surface area (Å²) >= 11 is 9.60. The number of nitrogens with zero attached hydrogens (tertiary/aromatic N) is 1. The lowest BCUT2D eigenvalue weighted by molar-refractivity contribution is 0.716. The molecule has 0 radical (unpaired) electrons. The van der Waals surface area contributed by atoms with Crippen molar-refractivity contribution in [3.05, 3.63) is 28.2 Å². The van der Waals surface area contributed by atoms with Gasteiger partial charge in [-0.25, -0.2) is 0 Å². The van der Waals surface area contributed by atoms with E-state index >= 15 is 0 Å². The van der Waals surface area contributed by atoms with Crippen molar-refractivity contribution in [1.29, 1.82) is 0 Å². The van der Waals surface area contributed by atoms with Gasteiger partial charge in [0.1, 0.15) is 0 Å². The number of rotatable bonds is 5. The lowest BCUT2D eigenvalue weighted by Gasteiger charge is -2.27. The second kappa shape index (κ2) is 4.81. The minimum absolute atomic E-state index is 0.600. The average Bonchev–Trinajstić information content (AvgIpc) is 3.18. The van der Waals surface area contributed by atoms with Crippen LogP contribution in [0.15, 0.2) is 22.7 Å². The summed E-state index contributed by atoms with van der Waals surface area (Å²) in [4.78, 5) is 2.60. The Kier molecular flexibility index (Phi) is 3.36. The maximum absolute atomic E-state index is 6.08. The van der Waals surface area contributed by atoms with Crippen molar-refractivity contribution in [2.24, 2.45) is 5.92 Å². The van der Waals surface area contributed by atoms with Gasteiger partial charge in [0, 0.05) is 28.6 Å². The van der Waals surface area contributed by atoms with Gasteiger partial charge < -0.3 is 4.90 Å². The predicted octanol–water partition coefficient (Wildman–Crippen LogP) is 4.57. The van der Waals surface area contributed by atoms with Gasteiger partial charge in [0.15, 0.2) is 0 Å². The zero-order valence-electron chi connectivity index (χ0n) is 9.83. The molecule has 0 unspecified atom stereocenters.